The average molecular weight is 257 g/mol. The predicted octanol–water partition coefficient (Wildman–Crippen LogP) is 1.02. The van der Waals surface area contributed by atoms with Gasteiger partial charge in [-0.25, -0.2) is 0 Å². The summed E-state index contributed by atoms with van der Waals surface area (Å²) in [6.07, 6.45) is 2.37. The second-order valence-corrected chi connectivity index (χ2v) is 5.29. The van der Waals surface area contributed by atoms with E-state index >= 15 is 0 Å². The Balaban J connectivity index is 1.86. The van der Waals surface area contributed by atoms with Crippen LogP contribution in [0.25, 0.3) is 0 Å². The second-order valence-electron chi connectivity index (χ2n) is 5.29. The van der Waals surface area contributed by atoms with E-state index in [1.165, 1.54) is 0 Å². The fraction of sp³-hybridized carbons (Fsp3) is 0.923. The molecule has 104 valence electrons. The molecule has 18 heavy (non-hydrogen) atoms. The largest absolute Gasteiger partial charge is 0.384 e. The average Bonchev–Trinajstić information content (AvgIpc) is 2.77. The lowest BCUT2D eigenvalue weighted by atomic mass is 10.0. The number of rotatable bonds is 4. The van der Waals surface area contributed by atoms with Crippen molar-refractivity contribution in [3.05, 3.63) is 0 Å². The van der Waals surface area contributed by atoms with Gasteiger partial charge in [0.1, 0.15) is 0 Å². The van der Waals surface area contributed by atoms with Crippen molar-refractivity contribution in [2.75, 3.05) is 40.0 Å². The number of likely N-dealkylation sites (tertiary alicyclic amines) is 1. The van der Waals surface area contributed by atoms with Crippen molar-refractivity contribution < 1.29 is 19.0 Å². The highest BCUT2D eigenvalue weighted by Crippen LogP contribution is 2.30. The Hall–Kier alpha value is -0.650. The molecule has 0 aromatic rings. The Morgan fingerprint density at radius 3 is 2.83 bits per heavy atom. The Bertz CT molecular complexity index is 289. The minimum absolute atomic E-state index is 0.178. The van der Waals surface area contributed by atoms with Gasteiger partial charge in [0.2, 0.25) is 5.91 Å². The molecule has 0 aliphatic carbocycles. The molecule has 1 amide bonds. The van der Waals surface area contributed by atoms with Crippen molar-refractivity contribution in [2.45, 2.75) is 32.0 Å². The van der Waals surface area contributed by atoms with Crippen molar-refractivity contribution in [3.8, 4) is 0 Å². The molecule has 2 aliphatic rings. The number of ether oxygens (including phenoxy) is 3. The van der Waals surface area contributed by atoms with Crippen LogP contribution in [0.15, 0.2) is 0 Å². The fourth-order valence-corrected chi connectivity index (χ4v) is 2.70. The quantitative estimate of drug-likeness (QED) is 0.754. The summed E-state index contributed by atoms with van der Waals surface area (Å²) in [7, 11) is 1.66. The third kappa shape index (κ3) is 3.22. The zero-order valence-electron chi connectivity index (χ0n) is 11.3. The summed E-state index contributed by atoms with van der Waals surface area (Å²) in [5, 5.41) is 0. The summed E-state index contributed by atoms with van der Waals surface area (Å²) < 4.78 is 16.4. The molecule has 2 aliphatic heterocycles. The Labute approximate surface area is 108 Å². The molecule has 0 bridgehead atoms. The molecule has 0 aromatic heterocycles. The highest BCUT2D eigenvalue weighted by molar-refractivity contribution is 5.76. The number of amides is 1. The SMILES string of the molecule is COCC(C)CC(=O)N1CCCC2(C1)OCCO2. The van der Waals surface area contributed by atoms with E-state index in [2.05, 4.69) is 0 Å². The molecule has 1 spiro atoms. The zero-order valence-corrected chi connectivity index (χ0v) is 11.3. The number of hydrogen-bond donors (Lipinski definition) is 0. The highest BCUT2D eigenvalue weighted by Gasteiger charge is 2.41. The van der Waals surface area contributed by atoms with Crippen molar-refractivity contribution >= 4 is 5.91 Å². The molecule has 5 nitrogen and oxygen atoms in total. The maximum Gasteiger partial charge on any atom is 0.223 e. The van der Waals surface area contributed by atoms with E-state index in [-0.39, 0.29) is 11.8 Å². The van der Waals surface area contributed by atoms with E-state index in [0.29, 0.717) is 32.8 Å². The van der Waals surface area contributed by atoms with Gasteiger partial charge in [0.05, 0.1) is 19.8 Å². The van der Waals surface area contributed by atoms with Gasteiger partial charge in [-0.05, 0) is 12.3 Å². The van der Waals surface area contributed by atoms with Crippen LogP contribution in [0.4, 0.5) is 0 Å². The second kappa shape index (κ2) is 5.99. The Kier molecular flexibility index (Phi) is 4.59. The molecule has 0 radical (unpaired) electrons. The first kappa shape index (κ1) is 13.8. The summed E-state index contributed by atoms with van der Waals surface area (Å²) in [4.78, 5) is 14.1. The topological polar surface area (TPSA) is 48.0 Å². The summed E-state index contributed by atoms with van der Waals surface area (Å²) in [6, 6.07) is 0. The number of carbonyl (C=O) groups excluding carboxylic acids is 1. The van der Waals surface area contributed by atoms with Gasteiger partial charge >= 0.3 is 0 Å². The van der Waals surface area contributed by atoms with Gasteiger partial charge in [-0.15, -0.1) is 0 Å². The lowest BCUT2D eigenvalue weighted by Gasteiger charge is -2.38. The van der Waals surface area contributed by atoms with Gasteiger partial charge in [0, 0.05) is 33.1 Å². The first-order valence-electron chi connectivity index (χ1n) is 6.70. The van der Waals surface area contributed by atoms with Crippen LogP contribution in [-0.4, -0.2) is 56.6 Å². The van der Waals surface area contributed by atoms with Gasteiger partial charge in [0.25, 0.3) is 0 Å². The van der Waals surface area contributed by atoms with E-state index in [4.69, 9.17) is 14.2 Å². The fourth-order valence-electron chi connectivity index (χ4n) is 2.70. The molecule has 1 atom stereocenters. The summed E-state index contributed by atoms with van der Waals surface area (Å²) in [5.74, 6) is -0.0817. The van der Waals surface area contributed by atoms with Crippen LogP contribution in [0.3, 0.4) is 0 Å². The number of methoxy groups -OCH3 is 1. The van der Waals surface area contributed by atoms with Gasteiger partial charge in [-0.2, -0.15) is 0 Å². The molecular formula is C13H23NO4. The first-order valence-corrected chi connectivity index (χ1v) is 6.70. The van der Waals surface area contributed by atoms with Crippen molar-refractivity contribution in [2.24, 2.45) is 5.92 Å². The standard InChI is InChI=1S/C13H23NO4/c1-11(9-16-2)8-12(15)14-5-3-4-13(10-14)17-6-7-18-13/h11H,3-10H2,1-2H3. The summed E-state index contributed by atoms with van der Waals surface area (Å²) in [6.45, 7) is 5.32. The van der Waals surface area contributed by atoms with Gasteiger partial charge < -0.3 is 19.1 Å². The minimum Gasteiger partial charge on any atom is -0.384 e. The molecule has 5 heteroatoms. The molecule has 2 rings (SSSR count). The predicted molar refractivity (Wildman–Crippen MR) is 66.1 cm³/mol. The molecular weight excluding hydrogens is 234 g/mol. The van der Waals surface area contributed by atoms with E-state index in [1.807, 2.05) is 11.8 Å². The van der Waals surface area contributed by atoms with Crippen LogP contribution in [0, 0.1) is 5.92 Å². The number of nitrogens with zero attached hydrogens (tertiary/aromatic N) is 1. The van der Waals surface area contributed by atoms with E-state index in [9.17, 15) is 4.79 Å². The zero-order chi connectivity index (χ0) is 13.0. The van der Waals surface area contributed by atoms with Crippen LogP contribution in [0.2, 0.25) is 0 Å². The molecule has 0 saturated carbocycles. The smallest absolute Gasteiger partial charge is 0.223 e. The number of hydrogen-bond acceptors (Lipinski definition) is 4. The molecule has 2 saturated heterocycles. The van der Waals surface area contributed by atoms with Gasteiger partial charge in [0.15, 0.2) is 5.79 Å². The molecule has 0 N–H and O–H groups in total. The van der Waals surface area contributed by atoms with Crippen molar-refractivity contribution in [3.63, 3.8) is 0 Å². The number of piperidine rings is 1. The van der Waals surface area contributed by atoms with Crippen LogP contribution < -0.4 is 0 Å². The summed E-state index contributed by atoms with van der Waals surface area (Å²) in [5.41, 5.74) is 0. The molecule has 2 heterocycles. The molecule has 2 fully saturated rings. The minimum atomic E-state index is -0.515. The maximum atomic E-state index is 12.2. The lowest BCUT2D eigenvalue weighted by Crippen LogP contribution is -2.51. The molecule has 1 unspecified atom stereocenters. The number of carbonyl (C=O) groups is 1. The Morgan fingerprint density at radius 2 is 2.17 bits per heavy atom. The summed E-state index contributed by atoms with van der Waals surface area (Å²) >= 11 is 0. The van der Waals surface area contributed by atoms with Crippen LogP contribution in [0.5, 0.6) is 0 Å². The van der Waals surface area contributed by atoms with Gasteiger partial charge in [-0.3, -0.25) is 4.79 Å². The monoisotopic (exact) mass is 257 g/mol. The normalized spacial score (nSPS) is 24.4. The van der Waals surface area contributed by atoms with Crippen molar-refractivity contribution in [1.82, 2.24) is 4.90 Å². The third-order valence-corrected chi connectivity index (χ3v) is 3.56. The van der Waals surface area contributed by atoms with E-state index in [1.54, 1.807) is 7.11 Å². The van der Waals surface area contributed by atoms with E-state index < -0.39 is 5.79 Å². The lowest BCUT2D eigenvalue weighted by molar-refractivity contribution is -0.193. The van der Waals surface area contributed by atoms with Crippen molar-refractivity contribution in [1.29, 1.82) is 0 Å². The van der Waals surface area contributed by atoms with Crippen LogP contribution in [-0.2, 0) is 19.0 Å². The van der Waals surface area contributed by atoms with E-state index in [0.717, 1.165) is 19.4 Å². The van der Waals surface area contributed by atoms with Crippen LogP contribution >= 0.6 is 0 Å². The molecule has 0 aromatic carbocycles. The first-order chi connectivity index (χ1) is 8.65. The third-order valence-electron chi connectivity index (χ3n) is 3.56. The van der Waals surface area contributed by atoms with Crippen LogP contribution in [0.1, 0.15) is 26.2 Å². The van der Waals surface area contributed by atoms with Gasteiger partial charge in [-0.1, -0.05) is 6.92 Å². The Morgan fingerprint density at radius 1 is 1.44 bits per heavy atom. The maximum absolute atomic E-state index is 12.2. The highest BCUT2D eigenvalue weighted by atomic mass is 16.7.